The molecule has 0 aliphatic carbocycles. The van der Waals surface area contributed by atoms with Gasteiger partial charge in [-0.2, -0.15) is 0 Å². The summed E-state index contributed by atoms with van der Waals surface area (Å²) in [6.07, 6.45) is 0.238. The van der Waals surface area contributed by atoms with Crippen molar-refractivity contribution in [3.8, 4) is 0 Å². The van der Waals surface area contributed by atoms with Crippen LogP contribution >= 0.6 is 0 Å². The first-order valence-corrected chi connectivity index (χ1v) is 3.27. The van der Waals surface area contributed by atoms with E-state index in [0.29, 0.717) is 12.0 Å². The van der Waals surface area contributed by atoms with Gasteiger partial charge in [0.25, 0.3) is 0 Å². The van der Waals surface area contributed by atoms with Crippen molar-refractivity contribution in [2.45, 2.75) is 26.4 Å². The summed E-state index contributed by atoms with van der Waals surface area (Å²) in [5.74, 6) is -0.308. The van der Waals surface area contributed by atoms with Crippen LogP contribution in [0.1, 0.15) is 20.3 Å². The molecule has 1 aliphatic rings. The van der Waals surface area contributed by atoms with Crippen molar-refractivity contribution in [3.63, 3.8) is 0 Å². The minimum absolute atomic E-state index is 0.0903. The Morgan fingerprint density at radius 1 is 1.70 bits per heavy atom. The second-order valence-corrected chi connectivity index (χ2v) is 2.31. The van der Waals surface area contributed by atoms with Crippen molar-refractivity contribution in [2.75, 3.05) is 0 Å². The highest BCUT2D eigenvalue weighted by atomic mass is 16.6. The average molecular weight is 142 g/mol. The Bertz CT molecular complexity index is 193. The fourth-order valence-electron chi connectivity index (χ4n) is 0.896. The van der Waals surface area contributed by atoms with Gasteiger partial charge in [0, 0.05) is 0 Å². The van der Waals surface area contributed by atoms with Crippen molar-refractivity contribution in [2.24, 2.45) is 0 Å². The van der Waals surface area contributed by atoms with E-state index >= 15 is 0 Å². The molecule has 0 aromatic heterocycles. The molecule has 0 fully saturated rings. The maximum Gasteiger partial charge on any atom is 0.337 e. The molecule has 1 aliphatic heterocycles. The molecule has 10 heavy (non-hydrogen) atoms. The molecule has 0 saturated heterocycles. The Morgan fingerprint density at radius 3 is 2.50 bits per heavy atom. The first-order chi connectivity index (χ1) is 4.66. The molecule has 0 radical (unpaired) electrons. The van der Waals surface area contributed by atoms with Crippen molar-refractivity contribution in [1.29, 1.82) is 0 Å². The summed E-state index contributed by atoms with van der Waals surface area (Å²) in [5, 5.41) is 9.16. The van der Waals surface area contributed by atoms with Crippen LogP contribution in [0.15, 0.2) is 11.3 Å². The molecule has 1 rings (SSSR count). The SMILES string of the molecule is CCC1OC(=O)C(C)=C1O. The number of ether oxygens (including phenoxy) is 1. The Morgan fingerprint density at radius 2 is 2.30 bits per heavy atom. The smallest absolute Gasteiger partial charge is 0.337 e. The molecule has 0 spiro atoms. The number of aliphatic hydroxyl groups excluding tert-OH is 1. The van der Waals surface area contributed by atoms with Gasteiger partial charge in [-0.05, 0) is 13.3 Å². The van der Waals surface area contributed by atoms with E-state index in [-0.39, 0.29) is 5.76 Å². The van der Waals surface area contributed by atoms with E-state index in [9.17, 15) is 4.79 Å². The van der Waals surface area contributed by atoms with E-state index < -0.39 is 12.1 Å². The molecular formula is C7H10O3. The highest BCUT2D eigenvalue weighted by molar-refractivity contribution is 5.90. The Labute approximate surface area is 59.3 Å². The monoisotopic (exact) mass is 142 g/mol. The van der Waals surface area contributed by atoms with Crippen molar-refractivity contribution >= 4 is 5.97 Å². The first-order valence-electron chi connectivity index (χ1n) is 3.27. The molecule has 1 atom stereocenters. The van der Waals surface area contributed by atoms with E-state index in [2.05, 4.69) is 0 Å². The van der Waals surface area contributed by atoms with Gasteiger partial charge in [-0.25, -0.2) is 4.79 Å². The fourth-order valence-corrected chi connectivity index (χ4v) is 0.896. The number of rotatable bonds is 1. The van der Waals surface area contributed by atoms with Gasteiger partial charge in [0.15, 0.2) is 6.10 Å². The van der Waals surface area contributed by atoms with Gasteiger partial charge in [0.2, 0.25) is 0 Å². The predicted octanol–water partition coefficient (Wildman–Crippen LogP) is 1.15. The molecule has 1 heterocycles. The summed E-state index contributed by atoms with van der Waals surface area (Å²) in [7, 11) is 0. The second kappa shape index (κ2) is 2.33. The molecule has 0 saturated carbocycles. The molecule has 0 aromatic carbocycles. The zero-order chi connectivity index (χ0) is 7.72. The Balaban J connectivity index is 2.83. The molecule has 56 valence electrons. The predicted molar refractivity (Wildman–Crippen MR) is 35.5 cm³/mol. The van der Waals surface area contributed by atoms with Gasteiger partial charge in [-0.1, -0.05) is 6.92 Å². The van der Waals surface area contributed by atoms with Crippen LogP contribution in [0.4, 0.5) is 0 Å². The third kappa shape index (κ3) is 0.875. The van der Waals surface area contributed by atoms with Crippen LogP contribution in [-0.4, -0.2) is 17.2 Å². The summed E-state index contributed by atoms with van der Waals surface area (Å²) in [4.78, 5) is 10.7. The van der Waals surface area contributed by atoms with Gasteiger partial charge in [0.05, 0.1) is 5.57 Å². The highest BCUT2D eigenvalue weighted by Gasteiger charge is 2.29. The standard InChI is InChI=1S/C7H10O3/c1-3-5-6(8)4(2)7(9)10-5/h5,8H,3H2,1-2H3. The molecule has 0 bridgehead atoms. The van der Waals surface area contributed by atoms with Gasteiger partial charge >= 0.3 is 5.97 Å². The van der Waals surface area contributed by atoms with Crippen molar-refractivity contribution < 1.29 is 14.6 Å². The van der Waals surface area contributed by atoms with Crippen LogP contribution in [0.3, 0.4) is 0 Å². The van der Waals surface area contributed by atoms with E-state index in [4.69, 9.17) is 9.84 Å². The molecular weight excluding hydrogens is 132 g/mol. The largest absolute Gasteiger partial charge is 0.508 e. The van der Waals surface area contributed by atoms with Crippen LogP contribution in [-0.2, 0) is 9.53 Å². The Hall–Kier alpha value is -0.990. The topological polar surface area (TPSA) is 46.5 Å². The highest BCUT2D eigenvalue weighted by Crippen LogP contribution is 2.21. The molecule has 0 amide bonds. The van der Waals surface area contributed by atoms with E-state index in [1.54, 1.807) is 6.92 Å². The van der Waals surface area contributed by atoms with Crippen LogP contribution in [0.25, 0.3) is 0 Å². The van der Waals surface area contributed by atoms with Gasteiger partial charge < -0.3 is 9.84 Å². The van der Waals surface area contributed by atoms with Gasteiger partial charge in [-0.15, -0.1) is 0 Å². The lowest BCUT2D eigenvalue weighted by Crippen LogP contribution is -2.09. The maximum absolute atomic E-state index is 10.7. The van der Waals surface area contributed by atoms with Crippen LogP contribution in [0, 0.1) is 0 Å². The van der Waals surface area contributed by atoms with Gasteiger partial charge in [-0.3, -0.25) is 0 Å². The van der Waals surface area contributed by atoms with Crippen LogP contribution in [0.5, 0.6) is 0 Å². The zero-order valence-electron chi connectivity index (χ0n) is 6.05. The molecule has 0 aromatic rings. The van der Waals surface area contributed by atoms with E-state index in [0.717, 1.165) is 0 Å². The number of cyclic esters (lactones) is 1. The summed E-state index contributed by atoms with van der Waals surface area (Å²) in [6, 6.07) is 0. The molecule has 1 N–H and O–H groups in total. The number of hydrogen-bond donors (Lipinski definition) is 1. The number of hydrogen-bond acceptors (Lipinski definition) is 3. The average Bonchev–Trinajstić information content (AvgIpc) is 2.17. The zero-order valence-corrected chi connectivity index (χ0v) is 6.05. The molecule has 1 unspecified atom stereocenters. The summed E-state index contributed by atoms with van der Waals surface area (Å²) < 4.78 is 4.77. The van der Waals surface area contributed by atoms with E-state index in [1.165, 1.54) is 0 Å². The summed E-state index contributed by atoms with van der Waals surface area (Å²) >= 11 is 0. The lowest BCUT2D eigenvalue weighted by atomic mass is 10.2. The van der Waals surface area contributed by atoms with Gasteiger partial charge in [0.1, 0.15) is 5.76 Å². The number of carbonyl (C=O) groups excluding carboxylic acids is 1. The van der Waals surface area contributed by atoms with Crippen LogP contribution in [0.2, 0.25) is 0 Å². The summed E-state index contributed by atoms with van der Waals surface area (Å²) in [5.41, 5.74) is 0.340. The minimum Gasteiger partial charge on any atom is -0.508 e. The number of carbonyl (C=O) groups is 1. The first kappa shape index (κ1) is 7.12. The maximum atomic E-state index is 10.7. The fraction of sp³-hybridized carbons (Fsp3) is 0.571. The second-order valence-electron chi connectivity index (χ2n) is 2.31. The van der Waals surface area contributed by atoms with Crippen molar-refractivity contribution in [1.82, 2.24) is 0 Å². The Kier molecular flexibility index (Phi) is 1.66. The minimum atomic E-state index is -0.399. The lowest BCUT2D eigenvalue weighted by molar-refractivity contribution is -0.140. The van der Waals surface area contributed by atoms with Crippen molar-refractivity contribution in [3.05, 3.63) is 11.3 Å². The third-order valence-corrected chi connectivity index (χ3v) is 1.62. The molecule has 3 heteroatoms. The quantitative estimate of drug-likeness (QED) is 0.559. The van der Waals surface area contributed by atoms with Crippen LogP contribution < -0.4 is 0 Å². The lowest BCUT2D eigenvalue weighted by Gasteiger charge is -2.04. The molecule has 3 nitrogen and oxygen atoms in total. The normalized spacial score (nSPS) is 25.4. The van der Waals surface area contributed by atoms with E-state index in [1.807, 2.05) is 6.92 Å². The number of aliphatic hydroxyl groups is 1. The number of esters is 1. The summed E-state index contributed by atoms with van der Waals surface area (Å²) in [6.45, 7) is 3.42. The third-order valence-electron chi connectivity index (χ3n) is 1.62.